The largest absolute Gasteiger partial charge is 0.319 e. The Morgan fingerprint density at radius 1 is 1.14 bits per heavy atom. The van der Waals surface area contributed by atoms with Crippen LogP contribution in [-0.4, -0.2) is 27.1 Å². The van der Waals surface area contributed by atoms with Crippen LogP contribution in [0.4, 0.5) is 0 Å². The Hall–Kier alpha value is -2.51. The van der Waals surface area contributed by atoms with Gasteiger partial charge in [-0.25, -0.2) is 4.98 Å². The van der Waals surface area contributed by atoms with E-state index in [0.717, 1.165) is 34.7 Å². The Kier molecular flexibility index (Phi) is 6.59. The van der Waals surface area contributed by atoms with E-state index in [0.29, 0.717) is 10.6 Å². The average molecular weight is 417 g/mol. The van der Waals surface area contributed by atoms with Crippen LogP contribution in [0.15, 0.2) is 47.6 Å². The maximum absolute atomic E-state index is 12.1. The smallest absolute Gasteiger partial charge is 0.269 e. The Morgan fingerprint density at radius 3 is 2.61 bits per heavy atom. The van der Waals surface area contributed by atoms with Gasteiger partial charge in [-0.15, -0.1) is 0 Å². The monoisotopic (exact) mass is 416 g/mol. The number of hydrazine groups is 1. The number of nitrogens with zero attached hydrogens (tertiary/aromatic N) is 2. The van der Waals surface area contributed by atoms with Crippen molar-refractivity contribution in [3.63, 3.8) is 0 Å². The third-order valence-electron chi connectivity index (χ3n) is 4.08. The van der Waals surface area contributed by atoms with Crippen LogP contribution in [0.3, 0.4) is 0 Å². The van der Waals surface area contributed by atoms with Crippen LogP contribution in [0.25, 0.3) is 11.0 Å². The fourth-order valence-electron chi connectivity index (χ4n) is 2.70. The van der Waals surface area contributed by atoms with E-state index < -0.39 is 0 Å². The first-order chi connectivity index (χ1) is 13.5. The molecule has 0 atom stereocenters. The van der Waals surface area contributed by atoms with Crippen LogP contribution in [0.2, 0.25) is 5.02 Å². The van der Waals surface area contributed by atoms with Crippen LogP contribution in [-0.2, 0) is 11.3 Å². The number of amides is 2. The van der Waals surface area contributed by atoms with Gasteiger partial charge in [0.25, 0.3) is 5.91 Å². The van der Waals surface area contributed by atoms with E-state index in [2.05, 4.69) is 27.3 Å². The highest BCUT2D eigenvalue weighted by Crippen LogP contribution is 2.26. The SMILES string of the molecule is CCCn1c(SCC(=O)NNC(=O)c2ccc(C)cc2)nc2cc(Cl)ccc21. The number of fused-ring (bicyclic) bond motifs is 1. The standard InChI is InChI=1S/C20H21ClN4O2S/c1-3-10-25-17-9-8-15(21)11-16(17)22-20(25)28-12-18(26)23-24-19(27)14-6-4-13(2)5-7-14/h4-9,11H,3,10,12H2,1-2H3,(H,23,26)(H,24,27). The van der Waals surface area contributed by atoms with E-state index >= 15 is 0 Å². The highest BCUT2D eigenvalue weighted by molar-refractivity contribution is 7.99. The van der Waals surface area contributed by atoms with Gasteiger partial charge in [0, 0.05) is 17.1 Å². The van der Waals surface area contributed by atoms with Crippen LogP contribution >= 0.6 is 23.4 Å². The van der Waals surface area contributed by atoms with E-state index in [9.17, 15) is 9.59 Å². The van der Waals surface area contributed by atoms with Gasteiger partial charge in [-0.3, -0.25) is 20.4 Å². The van der Waals surface area contributed by atoms with Gasteiger partial charge < -0.3 is 4.57 Å². The van der Waals surface area contributed by atoms with E-state index in [4.69, 9.17) is 11.6 Å². The number of benzene rings is 2. The first kappa shape index (κ1) is 20.2. The molecular formula is C20H21ClN4O2S. The molecule has 2 amide bonds. The second-order valence-electron chi connectivity index (χ2n) is 6.34. The minimum absolute atomic E-state index is 0.134. The lowest BCUT2D eigenvalue weighted by molar-refractivity contribution is -0.119. The zero-order valence-electron chi connectivity index (χ0n) is 15.7. The molecule has 1 aromatic heterocycles. The predicted octanol–water partition coefficient (Wildman–Crippen LogP) is 3.96. The Labute approximate surface area is 172 Å². The quantitative estimate of drug-likeness (QED) is 0.471. The van der Waals surface area contributed by atoms with Crippen molar-refractivity contribution in [2.45, 2.75) is 32.0 Å². The summed E-state index contributed by atoms with van der Waals surface area (Å²) >= 11 is 7.38. The molecule has 0 aliphatic rings. The third kappa shape index (κ3) is 4.85. The fraction of sp³-hybridized carbons (Fsp3) is 0.250. The summed E-state index contributed by atoms with van der Waals surface area (Å²) in [6.45, 7) is 4.83. The number of rotatable bonds is 6. The van der Waals surface area contributed by atoms with Crippen molar-refractivity contribution >= 4 is 46.2 Å². The minimum atomic E-state index is -0.355. The van der Waals surface area contributed by atoms with Gasteiger partial charge in [0.05, 0.1) is 16.8 Å². The highest BCUT2D eigenvalue weighted by atomic mass is 35.5. The number of carbonyl (C=O) groups is 2. The van der Waals surface area contributed by atoms with Crippen LogP contribution < -0.4 is 10.9 Å². The lowest BCUT2D eigenvalue weighted by Gasteiger charge is -2.09. The molecule has 2 N–H and O–H groups in total. The van der Waals surface area contributed by atoms with E-state index in [1.165, 1.54) is 11.8 Å². The molecule has 0 aliphatic heterocycles. The molecule has 3 rings (SSSR count). The van der Waals surface area contributed by atoms with Crippen molar-refractivity contribution in [1.82, 2.24) is 20.4 Å². The summed E-state index contributed by atoms with van der Waals surface area (Å²) in [5.41, 5.74) is 8.21. The molecule has 0 spiro atoms. The zero-order chi connectivity index (χ0) is 20.1. The second-order valence-corrected chi connectivity index (χ2v) is 7.71. The van der Waals surface area contributed by atoms with Crippen molar-refractivity contribution in [2.24, 2.45) is 0 Å². The van der Waals surface area contributed by atoms with Crippen LogP contribution in [0, 0.1) is 6.92 Å². The topological polar surface area (TPSA) is 76.0 Å². The lowest BCUT2D eigenvalue weighted by Crippen LogP contribution is -2.42. The number of carbonyl (C=O) groups excluding carboxylic acids is 2. The maximum atomic E-state index is 12.1. The minimum Gasteiger partial charge on any atom is -0.319 e. The summed E-state index contributed by atoms with van der Waals surface area (Å²) in [7, 11) is 0. The Morgan fingerprint density at radius 2 is 1.89 bits per heavy atom. The van der Waals surface area contributed by atoms with Crippen molar-refractivity contribution in [3.8, 4) is 0 Å². The molecule has 1 heterocycles. The molecule has 2 aromatic carbocycles. The number of nitrogens with one attached hydrogen (secondary N) is 2. The zero-order valence-corrected chi connectivity index (χ0v) is 17.2. The number of halogens is 1. The van der Waals surface area contributed by atoms with E-state index in [1.807, 2.05) is 37.3 Å². The van der Waals surface area contributed by atoms with E-state index in [-0.39, 0.29) is 17.6 Å². The highest BCUT2D eigenvalue weighted by Gasteiger charge is 2.14. The molecule has 0 bridgehead atoms. The summed E-state index contributed by atoms with van der Waals surface area (Å²) in [5, 5.41) is 1.38. The summed E-state index contributed by atoms with van der Waals surface area (Å²) in [4.78, 5) is 28.8. The summed E-state index contributed by atoms with van der Waals surface area (Å²) in [6.07, 6.45) is 0.945. The van der Waals surface area contributed by atoms with Gasteiger partial charge in [-0.1, -0.05) is 48.0 Å². The van der Waals surface area contributed by atoms with Crippen molar-refractivity contribution in [1.29, 1.82) is 0 Å². The molecule has 0 unspecified atom stereocenters. The number of aryl methyl sites for hydroxylation is 2. The lowest BCUT2D eigenvalue weighted by atomic mass is 10.1. The summed E-state index contributed by atoms with van der Waals surface area (Å²) < 4.78 is 2.08. The molecule has 8 heteroatoms. The maximum Gasteiger partial charge on any atom is 0.269 e. The predicted molar refractivity (Wildman–Crippen MR) is 113 cm³/mol. The van der Waals surface area contributed by atoms with Crippen LogP contribution in [0.1, 0.15) is 29.3 Å². The van der Waals surface area contributed by atoms with Gasteiger partial charge in [0.1, 0.15) is 0 Å². The Bertz CT molecular complexity index is 1000. The van der Waals surface area contributed by atoms with Crippen molar-refractivity contribution in [3.05, 3.63) is 58.6 Å². The molecule has 3 aromatic rings. The molecule has 0 aliphatic carbocycles. The number of imidazole rings is 1. The number of thioether (sulfide) groups is 1. The second kappa shape index (κ2) is 9.12. The average Bonchev–Trinajstić information content (AvgIpc) is 3.02. The first-order valence-corrected chi connectivity index (χ1v) is 10.3. The summed E-state index contributed by atoms with van der Waals surface area (Å²) in [6, 6.07) is 12.7. The van der Waals surface area contributed by atoms with Gasteiger partial charge >= 0.3 is 0 Å². The number of aromatic nitrogens is 2. The van der Waals surface area contributed by atoms with Crippen molar-refractivity contribution in [2.75, 3.05) is 5.75 Å². The van der Waals surface area contributed by atoms with Gasteiger partial charge in [0.15, 0.2) is 5.16 Å². The number of hydrogen-bond acceptors (Lipinski definition) is 4. The molecule has 0 saturated carbocycles. The van der Waals surface area contributed by atoms with Crippen LogP contribution in [0.5, 0.6) is 0 Å². The molecule has 28 heavy (non-hydrogen) atoms. The van der Waals surface area contributed by atoms with Crippen molar-refractivity contribution < 1.29 is 9.59 Å². The fourth-order valence-corrected chi connectivity index (χ4v) is 3.71. The van der Waals surface area contributed by atoms with Gasteiger partial charge in [-0.05, 0) is 43.7 Å². The number of hydrogen-bond donors (Lipinski definition) is 2. The van der Waals surface area contributed by atoms with Gasteiger partial charge in [0.2, 0.25) is 5.91 Å². The molecule has 0 saturated heterocycles. The molecule has 0 radical (unpaired) electrons. The van der Waals surface area contributed by atoms with E-state index in [1.54, 1.807) is 12.1 Å². The normalized spacial score (nSPS) is 10.8. The van der Waals surface area contributed by atoms with Gasteiger partial charge in [-0.2, -0.15) is 0 Å². The molecule has 6 nitrogen and oxygen atoms in total. The molecule has 146 valence electrons. The third-order valence-corrected chi connectivity index (χ3v) is 5.30. The first-order valence-electron chi connectivity index (χ1n) is 8.92. The molecule has 0 fully saturated rings. The Balaban J connectivity index is 1.60. The molecular weight excluding hydrogens is 396 g/mol. The summed E-state index contributed by atoms with van der Waals surface area (Å²) in [5.74, 6) is -0.528.